The number of piperidine rings is 2. The van der Waals surface area contributed by atoms with E-state index in [2.05, 4.69) is 4.98 Å². The monoisotopic (exact) mass is 489 g/mol. The van der Waals surface area contributed by atoms with Crippen LogP contribution in [-0.4, -0.2) is 59.4 Å². The van der Waals surface area contributed by atoms with Crippen molar-refractivity contribution >= 4 is 34.8 Å². The first-order valence-corrected chi connectivity index (χ1v) is 12.9. The first-order chi connectivity index (χ1) is 15.8. The molecule has 0 bridgehead atoms. The molecule has 6 nitrogen and oxygen atoms in total. The maximum Gasteiger partial charge on any atom is 0.265 e. The number of hydrogen-bond acceptors (Lipinski definition) is 5. The normalized spacial score (nSPS) is 21.2. The Morgan fingerprint density at radius 3 is 2.58 bits per heavy atom. The van der Waals surface area contributed by atoms with E-state index in [1.807, 2.05) is 41.8 Å². The third kappa shape index (κ3) is 5.87. The van der Waals surface area contributed by atoms with Gasteiger partial charge >= 0.3 is 0 Å². The molecule has 3 heterocycles. The van der Waals surface area contributed by atoms with Crippen LogP contribution in [0.2, 0.25) is 5.02 Å². The van der Waals surface area contributed by atoms with Crippen molar-refractivity contribution in [3.63, 3.8) is 0 Å². The van der Waals surface area contributed by atoms with E-state index >= 15 is 0 Å². The standard InChI is InChI=1S/C25H32ClN3O3S/c1-18-23(33-19(2)27-18)24(31)29-13-7-10-25(16-29,15-22(30)28-11-4-3-5-12-28)17-32-21-9-6-8-20(26)14-21/h6,8-9,14H,3-5,7,10-13,15-17H2,1-2H3/t25-/m1/s1. The molecule has 33 heavy (non-hydrogen) atoms. The Morgan fingerprint density at radius 2 is 1.88 bits per heavy atom. The number of thiazole rings is 1. The van der Waals surface area contributed by atoms with Gasteiger partial charge in [0.25, 0.3) is 5.91 Å². The van der Waals surface area contributed by atoms with Crippen LogP contribution in [0.25, 0.3) is 0 Å². The molecule has 4 rings (SSSR count). The van der Waals surface area contributed by atoms with Gasteiger partial charge in [-0.3, -0.25) is 9.59 Å². The first kappa shape index (κ1) is 24.0. The highest BCUT2D eigenvalue weighted by molar-refractivity contribution is 7.13. The van der Waals surface area contributed by atoms with Gasteiger partial charge in [-0.2, -0.15) is 0 Å². The maximum atomic E-state index is 13.4. The number of carbonyl (C=O) groups is 2. The predicted octanol–water partition coefficient (Wildman–Crippen LogP) is 5.12. The van der Waals surface area contributed by atoms with E-state index in [9.17, 15) is 9.59 Å². The van der Waals surface area contributed by atoms with Crippen molar-refractivity contribution in [3.8, 4) is 5.75 Å². The average molecular weight is 490 g/mol. The number of nitrogens with zero attached hydrogens (tertiary/aromatic N) is 3. The van der Waals surface area contributed by atoms with Gasteiger partial charge in [0.1, 0.15) is 10.6 Å². The highest BCUT2D eigenvalue weighted by atomic mass is 35.5. The Labute approximate surface area is 204 Å². The van der Waals surface area contributed by atoms with Gasteiger partial charge in [0.05, 0.1) is 17.3 Å². The van der Waals surface area contributed by atoms with E-state index in [4.69, 9.17) is 16.3 Å². The van der Waals surface area contributed by atoms with Crippen LogP contribution in [-0.2, 0) is 4.79 Å². The molecule has 2 fully saturated rings. The second kappa shape index (κ2) is 10.4. The van der Waals surface area contributed by atoms with Crippen LogP contribution in [0.1, 0.15) is 58.9 Å². The number of aromatic nitrogens is 1. The molecule has 0 radical (unpaired) electrons. The zero-order valence-corrected chi connectivity index (χ0v) is 21.0. The minimum atomic E-state index is -0.432. The quantitative estimate of drug-likeness (QED) is 0.565. The summed E-state index contributed by atoms with van der Waals surface area (Å²) in [6.45, 7) is 7.02. The van der Waals surface area contributed by atoms with Crippen molar-refractivity contribution in [2.24, 2.45) is 5.41 Å². The van der Waals surface area contributed by atoms with E-state index in [0.717, 1.165) is 49.5 Å². The van der Waals surface area contributed by atoms with E-state index in [1.165, 1.54) is 17.8 Å². The molecule has 178 valence electrons. The van der Waals surface area contributed by atoms with E-state index in [0.29, 0.717) is 41.8 Å². The van der Waals surface area contributed by atoms with Crippen molar-refractivity contribution in [3.05, 3.63) is 44.9 Å². The minimum Gasteiger partial charge on any atom is -0.493 e. The van der Waals surface area contributed by atoms with E-state index < -0.39 is 5.41 Å². The number of likely N-dealkylation sites (tertiary alicyclic amines) is 2. The molecule has 0 aliphatic carbocycles. The molecule has 2 aliphatic heterocycles. The molecular weight excluding hydrogens is 458 g/mol. The summed E-state index contributed by atoms with van der Waals surface area (Å²) in [5.41, 5.74) is 0.344. The Kier molecular flexibility index (Phi) is 7.59. The summed E-state index contributed by atoms with van der Waals surface area (Å²) < 4.78 is 6.18. The smallest absolute Gasteiger partial charge is 0.265 e. The van der Waals surface area contributed by atoms with Gasteiger partial charge in [0.15, 0.2) is 0 Å². The van der Waals surface area contributed by atoms with E-state index in [1.54, 1.807) is 6.07 Å². The first-order valence-electron chi connectivity index (χ1n) is 11.7. The summed E-state index contributed by atoms with van der Waals surface area (Å²) >= 11 is 7.58. The third-order valence-corrected chi connectivity index (χ3v) is 7.92. The van der Waals surface area contributed by atoms with Crippen molar-refractivity contribution in [1.82, 2.24) is 14.8 Å². The molecule has 2 aliphatic rings. The zero-order chi connectivity index (χ0) is 23.4. The topological polar surface area (TPSA) is 62.7 Å². The molecule has 1 aromatic carbocycles. The van der Waals surface area contributed by atoms with Gasteiger partial charge in [0, 0.05) is 43.0 Å². The number of halogens is 1. The van der Waals surface area contributed by atoms with Crippen LogP contribution in [0.3, 0.4) is 0 Å². The van der Waals surface area contributed by atoms with E-state index in [-0.39, 0.29) is 11.8 Å². The van der Waals surface area contributed by atoms with Gasteiger partial charge in [-0.1, -0.05) is 17.7 Å². The summed E-state index contributed by atoms with van der Waals surface area (Å²) in [4.78, 5) is 35.7. The highest BCUT2D eigenvalue weighted by Gasteiger charge is 2.41. The lowest BCUT2D eigenvalue weighted by Crippen LogP contribution is -2.51. The molecule has 0 spiro atoms. The molecule has 2 aromatic rings. The SMILES string of the molecule is Cc1nc(C)c(C(=O)N2CCC[C@@](COc3cccc(Cl)c3)(CC(=O)N3CCCCC3)C2)s1. The number of amides is 2. The summed E-state index contributed by atoms with van der Waals surface area (Å²) in [5.74, 6) is 0.864. The Balaban J connectivity index is 1.54. The number of rotatable bonds is 6. The summed E-state index contributed by atoms with van der Waals surface area (Å²) in [7, 11) is 0. The lowest BCUT2D eigenvalue weighted by Gasteiger charge is -2.43. The summed E-state index contributed by atoms with van der Waals surface area (Å²) in [6.07, 6.45) is 5.38. The molecule has 0 unspecified atom stereocenters. The largest absolute Gasteiger partial charge is 0.493 e. The lowest BCUT2D eigenvalue weighted by molar-refractivity contribution is -0.136. The number of benzene rings is 1. The second-order valence-electron chi connectivity index (χ2n) is 9.34. The summed E-state index contributed by atoms with van der Waals surface area (Å²) in [5, 5.41) is 1.51. The summed E-state index contributed by atoms with van der Waals surface area (Å²) in [6, 6.07) is 7.33. The fourth-order valence-electron chi connectivity index (χ4n) is 4.94. The zero-order valence-electron chi connectivity index (χ0n) is 19.4. The van der Waals surface area contributed by atoms with Crippen LogP contribution in [0, 0.1) is 19.3 Å². The fourth-order valence-corrected chi connectivity index (χ4v) is 6.00. The minimum absolute atomic E-state index is 0.00959. The molecule has 1 atom stereocenters. The number of ether oxygens (including phenoxy) is 1. The van der Waals surface area contributed by atoms with Crippen LogP contribution in [0.4, 0.5) is 0 Å². The van der Waals surface area contributed by atoms with Crippen molar-refractivity contribution in [1.29, 1.82) is 0 Å². The van der Waals surface area contributed by atoms with Gasteiger partial charge in [-0.25, -0.2) is 4.98 Å². The molecule has 0 N–H and O–H groups in total. The number of carbonyl (C=O) groups excluding carboxylic acids is 2. The Morgan fingerprint density at radius 1 is 1.12 bits per heavy atom. The van der Waals surface area contributed by atoms with Gasteiger partial charge in [-0.05, 0) is 64.2 Å². The van der Waals surface area contributed by atoms with Crippen molar-refractivity contribution in [2.75, 3.05) is 32.8 Å². The molecule has 2 saturated heterocycles. The maximum absolute atomic E-state index is 13.4. The average Bonchev–Trinajstić information content (AvgIpc) is 3.16. The Bertz CT molecular complexity index is 1000. The predicted molar refractivity (Wildman–Crippen MR) is 131 cm³/mol. The van der Waals surface area contributed by atoms with Crippen LogP contribution in [0.15, 0.2) is 24.3 Å². The van der Waals surface area contributed by atoms with Gasteiger partial charge < -0.3 is 14.5 Å². The third-order valence-electron chi connectivity index (χ3n) is 6.62. The van der Waals surface area contributed by atoms with Gasteiger partial charge in [0.2, 0.25) is 5.91 Å². The second-order valence-corrected chi connectivity index (χ2v) is 11.0. The van der Waals surface area contributed by atoms with Crippen LogP contribution >= 0.6 is 22.9 Å². The fraction of sp³-hybridized carbons (Fsp3) is 0.560. The van der Waals surface area contributed by atoms with Crippen molar-refractivity contribution < 1.29 is 14.3 Å². The number of aryl methyl sites for hydroxylation is 2. The number of hydrogen-bond donors (Lipinski definition) is 0. The van der Waals surface area contributed by atoms with Gasteiger partial charge in [-0.15, -0.1) is 11.3 Å². The Hall–Kier alpha value is -2.12. The van der Waals surface area contributed by atoms with Crippen LogP contribution < -0.4 is 4.74 Å². The molecular formula is C25H32ClN3O3S. The molecule has 0 saturated carbocycles. The highest BCUT2D eigenvalue weighted by Crippen LogP contribution is 2.37. The molecule has 8 heteroatoms. The van der Waals surface area contributed by atoms with Crippen LogP contribution in [0.5, 0.6) is 5.75 Å². The molecule has 2 amide bonds. The molecule has 1 aromatic heterocycles. The lowest BCUT2D eigenvalue weighted by atomic mass is 9.77. The van der Waals surface area contributed by atoms with Crippen molar-refractivity contribution in [2.45, 2.75) is 52.4 Å².